The number of sulfonamides is 1. The first kappa shape index (κ1) is 20.6. The lowest BCUT2D eigenvalue weighted by molar-refractivity contribution is -0.123. The molecule has 144 valence electrons. The molecule has 0 spiro atoms. The molecule has 0 bridgehead atoms. The molecule has 2 aromatic rings. The largest absolute Gasteiger partial charge is 0.449 e. The predicted molar refractivity (Wildman–Crippen MR) is 102 cm³/mol. The normalized spacial score (nSPS) is 12.3. The summed E-state index contributed by atoms with van der Waals surface area (Å²) in [5, 5.41) is 2.68. The number of nitrogens with one attached hydrogen (secondary N) is 2. The summed E-state index contributed by atoms with van der Waals surface area (Å²) in [5.74, 6) is -1.17. The summed E-state index contributed by atoms with van der Waals surface area (Å²) in [6, 6.07) is 12.6. The van der Waals surface area contributed by atoms with Crippen LogP contribution in [0.3, 0.4) is 0 Å². The number of carbonyl (C=O) groups is 2. The summed E-state index contributed by atoms with van der Waals surface area (Å²) in [4.78, 5) is 24.4. The van der Waals surface area contributed by atoms with E-state index in [1.165, 1.54) is 38.2 Å². The molecule has 0 aliphatic rings. The summed E-state index contributed by atoms with van der Waals surface area (Å²) in [6.07, 6.45) is -0.111. The Morgan fingerprint density at radius 2 is 1.63 bits per heavy atom. The van der Waals surface area contributed by atoms with Gasteiger partial charge in [-0.15, -0.1) is 0 Å². The number of hydrogen-bond acceptors (Lipinski definition) is 5. The molecule has 0 aliphatic carbocycles. The zero-order valence-corrected chi connectivity index (χ0v) is 16.2. The molecular formula is C19H22N2O5S. The Bertz CT molecular complexity index is 906. The van der Waals surface area contributed by atoms with Gasteiger partial charge >= 0.3 is 5.97 Å². The third kappa shape index (κ3) is 5.38. The van der Waals surface area contributed by atoms with E-state index in [1.807, 2.05) is 19.1 Å². The number of anilines is 1. The van der Waals surface area contributed by atoms with Crippen LogP contribution in [0.2, 0.25) is 0 Å². The molecule has 7 nitrogen and oxygen atoms in total. The van der Waals surface area contributed by atoms with E-state index in [-0.39, 0.29) is 10.5 Å². The van der Waals surface area contributed by atoms with Gasteiger partial charge in [0, 0.05) is 5.69 Å². The number of benzene rings is 2. The minimum Gasteiger partial charge on any atom is -0.449 e. The summed E-state index contributed by atoms with van der Waals surface area (Å²) in [6.45, 7) is 3.50. The quantitative estimate of drug-likeness (QED) is 0.707. The van der Waals surface area contributed by atoms with Crippen molar-refractivity contribution in [2.45, 2.75) is 31.3 Å². The van der Waals surface area contributed by atoms with Crippen LogP contribution in [0.25, 0.3) is 0 Å². The fraction of sp³-hybridized carbons (Fsp3) is 0.263. The second kappa shape index (κ2) is 8.79. The van der Waals surface area contributed by atoms with Crippen molar-refractivity contribution in [3.05, 3.63) is 59.7 Å². The minimum atomic E-state index is -3.58. The molecule has 0 saturated carbocycles. The Balaban J connectivity index is 1.98. The van der Waals surface area contributed by atoms with E-state index in [0.717, 1.165) is 12.0 Å². The van der Waals surface area contributed by atoms with Crippen LogP contribution in [0.15, 0.2) is 53.4 Å². The van der Waals surface area contributed by atoms with Crippen molar-refractivity contribution in [1.29, 1.82) is 0 Å². The molecule has 0 fully saturated rings. The zero-order chi connectivity index (χ0) is 20.0. The van der Waals surface area contributed by atoms with E-state index >= 15 is 0 Å². The van der Waals surface area contributed by atoms with E-state index in [1.54, 1.807) is 12.1 Å². The fourth-order valence-electron chi connectivity index (χ4n) is 2.24. The SMILES string of the molecule is CCc1ccc(NC(=O)C(C)OC(=O)c2ccc(S(=O)(=O)NC)cc2)cc1. The molecule has 0 aromatic heterocycles. The highest BCUT2D eigenvalue weighted by Crippen LogP contribution is 2.13. The van der Waals surface area contributed by atoms with E-state index < -0.39 is 28.0 Å². The molecule has 2 rings (SSSR count). The molecule has 27 heavy (non-hydrogen) atoms. The highest BCUT2D eigenvalue weighted by molar-refractivity contribution is 7.89. The van der Waals surface area contributed by atoms with Crippen LogP contribution in [0.4, 0.5) is 5.69 Å². The Hall–Kier alpha value is -2.71. The van der Waals surface area contributed by atoms with Gasteiger partial charge in [0.05, 0.1) is 10.5 Å². The van der Waals surface area contributed by atoms with Crippen molar-refractivity contribution >= 4 is 27.6 Å². The molecular weight excluding hydrogens is 368 g/mol. The van der Waals surface area contributed by atoms with Gasteiger partial charge in [-0.25, -0.2) is 17.9 Å². The van der Waals surface area contributed by atoms with Gasteiger partial charge in [-0.2, -0.15) is 0 Å². The van der Waals surface area contributed by atoms with E-state index in [0.29, 0.717) is 5.69 Å². The maximum atomic E-state index is 12.2. The number of carbonyl (C=O) groups excluding carboxylic acids is 2. The lowest BCUT2D eigenvalue weighted by Gasteiger charge is -2.14. The van der Waals surface area contributed by atoms with E-state index in [2.05, 4.69) is 10.0 Å². The van der Waals surface area contributed by atoms with Crippen molar-refractivity contribution in [2.24, 2.45) is 0 Å². The standard InChI is InChI=1S/C19H22N2O5S/c1-4-14-5-9-16(10-6-14)21-18(22)13(2)26-19(23)15-7-11-17(12-8-15)27(24,25)20-3/h5-13,20H,4H2,1-3H3,(H,21,22). The van der Waals surface area contributed by atoms with Crippen LogP contribution >= 0.6 is 0 Å². The van der Waals surface area contributed by atoms with Crippen molar-refractivity contribution < 1.29 is 22.7 Å². The van der Waals surface area contributed by atoms with Gasteiger partial charge < -0.3 is 10.1 Å². The van der Waals surface area contributed by atoms with Crippen LogP contribution in [0.1, 0.15) is 29.8 Å². The van der Waals surface area contributed by atoms with Gasteiger partial charge in [0.2, 0.25) is 10.0 Å². The summed E-state index contributed by atoms with van der Waals surface area (Å²) in [5.41, 5.74) is 1.91. The lowest BCUT2D eigenvalue weighted by atomic mass is 10.1. The van der Waals surface area contributed by atoms with Gasteiger partial charge in [0.1, 0.15) is 0 Å². The first-order chi connectivity index (χ1) is 12.8. The minimum absolute atomic E-state index is 0.0304. The number of ether oxygens (including phenoxy) is 1. The van der Waals surface area contributed by atoms with Crippen LogP contribution in [-0.4, -0.2) is 33.4 Å². The molecule has 0 radical (unpaired) electrons. The highest BCUT2D eigenvalue weighted by atomic mass is 32.2. The number of amides is 1. The third-order valence-corrected chi connectivity index (χ3v) is 5.38. The number of rotatable bonds is 7. The van der Waals surface area contributed by atoms with E-state index in [4.69, 9.17) is 4.74 Å². The maximum absolute atomic E-state index is 12.2. The van der Waals surface area contributed by atoms with Gasteiger partial charge in [-0.1, -0.05) is 19.1 Å². The zero-order valence-electron chi connectivity index (χ0n) is 15.4. The molecule has 8 heteroatoms. The van der Waals surface area contributed by atoms with Crippen LogP contribution in [0.5, 0.6) is 0 Å². The third-order valence-electron chi connectivity index (χ3n) is 3.95. The monoisotopic (exact) mass is 390 g/mol. The number of hydrogen-bond donors (Lipinski definition) is 2. The van der Waals surface area contributed by atoms with Crippen LogP contribution in [-0.2, 0) is 26.0 Å². The Kier molecular flexibility index (Phi) is 6.70. The molecule has 2 aromatic carbocycles. The average molecular weight is 390 g/mol. The topological polar surface area (TPSA) is 102 Å². The summed E-state index contributed by atoms with van der Waals surface area (Å²) < 4.78 is 30.7. The van der Waals surface area contributed by atoms with Crippen LogP contribution in [0, 0.1) is 0 Å². The second-order valence-corrected chi connectivity index (χ2v) is 7.71. The van der Waals surface area contributed by atoms with Crippen molar-refractivity contribution in [3.63, 3.8) is 0 Å². The predicted octanol–water partition coefficient (Wildman–Crippen LogP) is 2.34. The Morgan fingerprint density at radius 3 is 2.15 bits per heavy atom. The first-order valence-electron chi connectivity index (χ1n) is 8.41. The highest BCUT2D eigenvalue weighted by Gasteiger charge is 2.20. The second-order valence-electron chi connectivity index (χ2n) is 5.82. The average Bonchev–Trinajstić information content (AvgIpc) is 2.68. The van der Waals surface area contributed by atoms with Gasteiger partial charge in [-0.05, 0) is 62.4 Å². The molecule has 1 amide bonds. The fourth-order valence-corrected chi connectivity index (χ4v) is 2.97. The molecule has 2 N–H and O–H groups in total. The maximum Gasteiger partial charge on any atom is 0.338 e. The summed E-state index contributed by atoms with van der Waals surface area (Å²) >= 11 is 0. The van der Waals surface area contributed by atoms with Crippen molar-refractivity contribution in [2.75, 3.05) is 12.4 Å². The van der Waals surface area contributed by atoms with Crippen molar-refractivity contribution in [1.82, 2.24) is 4.72 Å². The molecule has 0 heterocycles. The Morgan fingerprint density at radius 1 is 1.04 bits per heavy atom. The number of aryl methyl sites for hydroxylation is 1. The Labute approximate surface area is 158 Å². The molecule has 1 unspecified atom stereocenters. The van der Waals surface area contributed by atoms with Gasteiger partial charge in [0.15, 0.2) is 6.10 Å². The van der Waals surface area contributed by atoms with E-state index in [9.17, 15) is 18.0 Å². The first-order valence-corrected chi connectivity index (χ1v) is 9.89. The van der Waals surface area contributed by atoms with Gasteiger partial charge in [0.25, 0.3) is 5.91 Å². The van der Waals surface area contributed by atoms with Crippen molar-refractivity contribution in [3.8, 4) is 0 Å². The smallest absolute Gasteiger partial charge is 0.338 e. The number of esters is 1. The summed E-state index contributed by atoms with van der Waals surface area (Å²) in [7, 11) is -2.28. The lowest BCUT2D eigenvalue weighted by Crippen LogP contribution is -2.30. The van der Waals surface area contributed by atoms with Crippen LogP contribution < -0.4 is 10.0 Å². The van der Waals surface area contributed by atoms with Gasteiger partial charge in [-0.3, -0.25) is 4.79 Å². The molecule has 0 saturated heterocycles. The molecule has 1 atom stereocenters. The molecule has 0 aliphatic heterocycles.